The van der Waals surface area contributed by atoms with Crippen LogP contribution in [0.25, 0.3) is 5.82 Å². The fourth-order valence-corrected chi connectivity index (χ4v) is 7.36. The fraction of sp³-hybridized carbons (Fsp3) is 0.276. The Morgan fingerprint density at radius 3 is 2.39 bits per heavy atom. The maximum Gasteiger partial charge on any atom is 0.343 e. The van der Waals surface area contributed by atoms with Crippen LogP contribution in [0.4, 0.5) is 9.18 Å². The highest BCUT2D eigenvalue weighted by Gasteiger charge is 2.30. The van der Waals surface area contributed by atoms with E-state index in [1.54, 1.807) is 35.5 Å². The van der Waals surface area contributed by atoms with Gasteiger partial charge in [0.2, 0.25) is 0 Å². The second-order valence-corrected chi connectivity index (χ2v) is 14.5. The lowest BCUT2D eigenvalue weighted by molar-refractivity contribution is 0.202. The average molecular weight is 698 g/mol. The molecule has 0 saturated carbocycles. The van der Waals surface area contributed by atoms with Crippen molar-refractivity contribution in [1.82, 2.24) is 29.7 Å². The smallest absolute Gasteiger partial charge is 0.275 e. The standard InChI is InChI=1S/C29H28Cl3FN6O3S2/c1-29(2,19-6-9-22(30)24(32)13-19)25-16-35-28(39(25)26-10-7-20(33)15-34-26)43-17-18-5-8-21(14-23(18)31)44(41,42)37-27(40)36-38-11-3-4-12-38/h5-10,13-16H,3-4,11-12,17H2,1-2H3,(H2,36,37,40). The van der Waals surface area contributed by atoms with E-state index in [0.717, 1.165) is 30.3 Å². The Balaban J connectivity index is 1.39. The first-order valence-electron chi connectivity index (χ1n) is 13.5. The molecule has 1 saturated heterocycles. The van der Waals surface area contributed by atoms with Gasteiger partial charge >= 0.3 is 6.03 Å². The Bertz CT molecular complexity index is 1800. The van der Waals surface area contributed by atoms with Crippen LogP contribution in [0.2, 0.25) is 15.1 Å². The van der Waals surface area contributed by atoms with Crippen LogP contribution in [-0.4, -0.2) is 47.1 Å². The Kier molecular flexibility index (Phi) is 9.78. The lowest BCUT2D eigenvalue weighted by Crippen LogP contribution is -2.47. The molecular weight excluding hydrogens is 670 g/mol. The summed E-state index contributed by atoms with van der Waals surface area (Å²) in [6.07, 6.45) is 4.72. The van der Waals surface area contributed by atoms with Gasteiger partial charge in [0.05, 0.1) is 33.0 Å². The number of benzene rings is 2. The summed E-state index contributed by atoms with van der Waals surface area (Å²) in [6, 6.07) is 11.8. The van der Waals surface area contributed by atoms with Crippen LogP contribution in [-0.2, 0) is 21.2 Å². The van der Waals surface area contributed by atoms with E-state index < -0.39 is 27.3 Å². The van der Waals surface area contributed by atoms with Gasteiger partial charge in [0.15, 0.2) is 5.16 Å². The first-order valence-corrected chi connectivity index (χ1v) is 17.1. The van der Waals surface area contributed by atoms with Crippen LogP contribution in [0.5, 0.6) is 0 Å². The quantitative estimate of drug-likeness (QED) is 0.182. The topological polar surface area (TPSA) is 109 Å². The molecule has 1 aliphatic heterocycles. The molecule has 3 heterocycles. The number of thioether (sulfide) groups is 1. The van der Waals surface area contributed by atoms with Gasteiger partial charge in [0, 0.05) is 29.3 Å². The molecule has 0 aliphatic carbocycles. The monoisotopic (exact) mass is 696 g/mol. The molecule has 0 atom stereocenters. The Labute approximate surface area is 274 Å². The maximum atomic E-state index is 13.8. The summed E-state index contributed by atoms with van der Waals surface area (Å²) >= 11 is 20.3. The predicted molar refractivity (Wildman–Crippen MR) is 171 cm³/mol. The molecule has 1 fully saturated rings. The Morgan fingerprint density at radius 1 is 0.977 bits per heavy atom. The van der Waals surface area contributed by atoms with E-state index in [4.69, 9.17) is 34.8 Å². The number of halogens is 4. The molecular formula is C29H28Cl3FN6O3S2. The third-order valence-electron chi connectivity index (χ3n) is 7.24. The number of urea groups is 1. The van der Waals surface area contributed by atoms with Gasteiger partial charge in [0.1, 0.15) is 11.6 Å². The number of hydrogen-bond donors (Lipinski definition) is 2. The molecule has 5 rings (SSSR count). The minimum atomic E-state index is -4.15. The summed E-state index contributed by atoms with van der Waals surface area (Å²) in [4.78, 5) is 21.0. The van der Waals surface area contributed by atoms with Gasteiger partial charge in [0.25, 0.3) is 10.0 Å². The minimum absolute atomic E-state index is 0.143. The van der Waals surface area contributed by atoms with E-state index in [1.807, 2.05) is 29.2 Å². The van der Waals surface area contributed by atoms with Crippen LogP contribution >= 0.6 is 46.6 Å². The first kappa shape index (κ1) is 32.5. The van der Waals surface area contributed by atoms with Gasteiger partial charge in [-0.3, -0.25) is 9.99 Å². The van der Waals surface area contributed by atoms with E-state index in [2.05, 4.69) is 15.4 Å². The normalized spacial score (nSPS) is 14.1. The van der Waals surface area contributed by atoms with E-state index in [9.17, 15) is 17.6 Å². The van der Waals surface area contributed by atoms with Crippen LogP contribution < -0.4 is 10.1 Å². The van der Waals surface area contributed by atoms with Crippen molar-refractivity contribution in [3.63, 3.8) is 0 Å². The molecule has 0 unspecified atom stereocenters. The molecule has 2 aromatic heterocycles. The summed E-state index contributed by atoms with van der Waals surface area (Å²) < 4.78 is 43.3. The molecule has 0 bridgehead atoms. The van der Waals surface area contributed by atoms with Crippen LogP contribution in [0.15, 0.2) is 71.0 Å². The van der Waals surface area contributed by atoms with Crippen LogP contribution in [0, 0.1) is 5.82 Å². The molecule has 2 amide bonds. The number of carbonyl (C=O) groups is 1. The zero-order valence-electron chi connectivity index (χ0n) is 23.7. The van der Waals surface area contributed by atoms with Crippen LogP contribution in [0.1, 0.15) is 43.5 Å². The SMILES string of the molecule is CC(C)(c1ccc(Cl)c(Cl)c1)c1cnc(SCc2ccc(S(=O)(=O)NC(=O)NN3CCCC3)cc2Cl)n1-c1ccc(F)cn1. The second kappa shape index (κ2) is 13.2. The molecule has 9 nitrogen and oxygen atoms in total. The zero-order valence-corrected chi connectivity index (χ0v) is 27.6. The summed E-state index contributed by atoms with van der Waals surface area (Å²) in [6.45, 7) is 5.34. The highest BCUT2D eigenvalue weighted by molar-refractivity contribution is 7.98. The van der Waals surface area contributed by atoms with Gasteiger partial charge in [-0.25, -0.2) is 37.3 Å². The van der Waals surface area contributed by atoms with Crippen molar-refractivity contribution in [2.45, 2.75) is 47.9 Å². The molecule has 232 valence electrons. The van der Waals surface area contributed by atoms with Gasteiger partial charge in [-0.2, -0.15) is 0 Å². The zero-order chi connectivity index (χ0) is 31.6. The maximum absolute atomic E-state index is 13.8. The second-order valence-electron chi connectivity index (χ2n) is 10.6. The molecule has 0 spiro atoms. The third-order valence-corrected chi connectivity index (χ3v) is 10.7. The number of nitrogens with zero attached hydrogens (tertiary/aromatic N) is 4. The van der Waals surface area contributed by atoms with Crippen molar-refractivity contribution in [2.24, 2.45) is 0 Å². The molecule has 4 aromatic rings. The largest absolute Gasteiger partial charge is 0.343 e. The third kappa shape index (κ3) is 7.16. The number of pyridine rings is 1. The average Bonchev–Trinajstić information content (AvgIpc) is 3.64. The minimum Gasteiger partial charge on any atom is -0.275 e. The molecule has 2 N–H and O–H groups in total. The number of amides is 2. The molecule has 44 heavy (non-hydrogen) atoms. The number of hydrazine groups is 1. The molecule has 1 aliphatic rings. The Hall–Kier alpha value is -2.87. The number of aromatic nitrogens is 3. The van der Waals surface area contributed by atoms with Gasteiger partial charge in [-0.15, -0.1) is 0 Å². The molecule has 15 heteroatoms. The van der Waals surface area contributed by atoms with Crippen molar-refractivity contribution in [2.75, 3.05) is 13.1 Å². The Morgan fingerprint density at radius 2 is 1.73 bits per heavy atom. The van der Waals surface area contributed by atoms with Crippen molar-refractivity contribution in [3.8, 4) is 5.82 Å². The first-order chi connectivity index (χ1) is 20.8. The fourth-order valence-electron chi connectivity index (χ4n) is 4.76. The summed E-state index contributed by atoms with van der Waals surface area (Å²) in [5, 5.41) is 3.28. The van der Waals surface area contributed by atoms with E-state index >= 15 is 0 Å². The van der Waals surface area contributed by atoms with Gasteiger partial charge < -0.3 is 0 Å². The summed E-state index contributed by atoms with van der Waals surface area (Å²) in [5.41, 5.74) is 4.22. The number of imidazole rings is 1. The molecule has 2 aromatic carbocycles. The van der Waals surface area contributed by atoms with Crippen molar-refractivity contribution in [1.29, 1.82) is 0 Å². The molecule has 0 radical (unpaired) electrons. The lowest BCUT2D eigenvalue weighted by Gasteiger charge is -2.27. The van der Waals surface area contributed by atoms with E-state index in [-0.39, 0.29) is 9.92 Å². The van der Waals surface area contributed by atoms with Crippen molar-refractivity contribution < 1.29 is 17.6 Å². The van der Waals surface area contributed by atoms with Gasteiger partial charge in [-0.05, 0) is 60.4 Å². The number of nitrogens with one attached hydrogen (secondary N) is 2. The van der Waals surface area contributed by atoms with E-state index in [0.29, 0.717) is 45.4 Å². The highest BCUT2D eigenvalue weighted by Crippen LogP contribution is 2.38. The lowest BCUT2D eigenvalue weighted by atomic mass is 9.81. The van der Waals surface area contributed by atoms with Crippen LogP contribution in [0.3, 0.4) is 0 Å². The number of rotatable bonds is 9. The summed E-state index contributed by atoms with van der Waals surface area (Å²) in [7, 11) is -4.15. The van der Waals surface area contributed by atoms with Crippen molar-refractivity contribution >= 4 is 62.6 Å². The highest BCUT2D eigenvalue weighted by atomic mass is 35.5. The van der Waals surface area contributed by atoms with Gasteiger partial charge in [-0.1, -0.05) is 72.5 Å². The number of hydrogen-bond acceptors (Lipinski definition) is 7. The number of carbonyl (C=O) groups excluding carboxylic acids is 1. The number of sulfonamides is 1. The van der Waals surface area contributed by atoms with Crippen molar-refractivity contribution in [3.05, 3.63) is 98.6 Å². The predicted octanol–water partition coefficient (Wildman–Crippen LogP) is 6.98. The summed E-state index contributed by atoms with van der Waals surface area (Å²) in [5.74, 6) is 0.311. The van der Waals surface area contributed by atoms with E-state index in [1.165, 1.54) is 30.0 Å².